The van der Waals surface area contributed by atoms with E-state index < -0.39 is 5.97 Å². The summed E-state index contributed by atoms with van der Waals surface area (Å²) < 4.78 is 21.3. The van der Waals surface area contributed by atoms with Gasteiger partial charge in [0.05, 0.1) is 39.3 Å². The van der Waals surface area contributed by atoms with Gasteiger partial charge in [-0.3, -0.25) is 9.59 Å². The zero-order valence-corrected chi connectivity index (χ0v) is 18.5. The second kappa shape index (κ2) is 10.6. The second-order valence-corrected chi connectivity index (χ2v) is 7.45. The minimum atomic E-state index is -0.945. The van der Waals surface area contributed by atoms with Crippen molar-refractivity contribution in [3.63, 3.8) is 0 Å². The summed E-state index contributed by atoms with van der Waals surface area (Å²) in [6.07, 6.45) is 1.59. The van der Waals surface area contributed by atoms with Crippen LogP contribution in [0.15, 0.2) is 46.3 Å². The third-order valence-corrected chi connectivity index (χ3v) is 5.23. The lowest BCUT2D eigenvalue weighted by molar-refractivity contribution is -0.137. The molecule has 0 saturated carbocycles. The van der Waals surface area contributed by atoms with Gasteiger partial charge in [-0.25, -0.2) is 4.99 Å². The largest absolute Gasteiger partial charge is 0.497 e. The average Bonchev–Trinajstić information content (AvgIpc) is 3.12. The zero-order chi connectivity index (χ0) is 23.1. The topological polar surface area (TPSA) is 116 Å². The van der Waals surface area contributed by atoms with Gasteiger partial charge in [0.15, 0.2) is 16.7 Å². The number of aliphatic carboxylic acids is 1. The van der Waals surface area contributed by atoms with Crippen LogP contribution in [0.2, 0.25) is 0 Å². The minimum Gasteiger partial charge on any atom is -0.497 e. The van der Waals surface area contributed by atoms with Crippen molar-refractivity contribution in [3.05, 3.63) is 46.9 Å². The predicted octanol–water partition coefficient (Wildman–Crippen LogP) is 3.46. The number of amidine groups is 1. The fraction of sp³-hybridized carbons (Fsp3) is 0.227. The number of hydrogen-bond donors (Lipinski definition) is 2. The summed E-state index contributed by atoms with van der Waals surface area (Å²) in [6.45, 7) is 0.0268. The molecule has 1 saturated heterocycles. The molecule has 1 fully saturated rings. The summed E-state index contributed by atoms with van der Waals surface area (Å²) in [7, 11) is 4.58. The molecule has 2 N–H and O–H groups in total. The maximum absolute atomic E-state index is 12.4. The van der Waals surface area contributed by atoms with Crippen LogP contribution in [-0.2, 0) is 9.59 Å². The number of rotatable bonds is 9. The number of carboxylic acids is 1. The first-order chi connectivity index (χ1) is 15.4. The number of hydrogen-bond acceptors (Lipinski definition) is 8. The highest BCUT2D eigenvalue weighted by atomic mass is 32.2. The number of amides is 1. The molecule has 1 heterocycles. The van der Waals surface area contributed by atoms with E-state index in [1.54, 1.807) is 49.6 Å². The normalized spacial score (nSPS) is 15.5. The van der Waals surface area contributed by atoms with E-state index in [4.69, 9.17) is 24.1 Å². The smallest absolute Gasteiger partial charge is 0.306 e. The fourth-order valence-electron chi connectivity index (χ4n) is 2.76. The minimum absolute atomic E-state index is 0.0268. The second-order valence-electron chi connectivity index (χ2n) is 6.42. The molecule has 0 spiro atoms. The molecule has 2 aromatic carbocycles. The van der Waals surface area contributed by atoms with Crippen LogP contribution in [0.25, 0.3) is 6.08 Å². The van der Waals surface area contributed by atoms with Gasteiger partial charge in [-0.05, 0) is 47.7 Å². The fourth-order valence-corrected chi connectivity index (χ4v) is 3.59. The molecule has 9 nitrogen and oxygen atoms in total. The Kier molecular flexibility index (Phi) is 7.61. The first-order valence-electron chi connectivity index (χ1n) is 9.47. The van der Waals surface area contributed by atoms with E-state index in [1.165, 1.54) is 26.0 Å². The van der Waals surface area contributed by atoms with Crippen molar-refractivity contribution in [1.82, 2.24) is 5.32 Å². The Bertz CT molecular complexity index is 1080. The highest BCUT2D eigenvalue weighted by Crippen LogP contribution is 2.35. The van der Waals surface area contributed by atoms with Gasteiger partial charge in [0, 0.05) is 6.07 Å². The van der Waals surface area contributed by atoms with Crippen molar-refractivity contribution in [2.45, 2.75) is 6.42 Å². The SMILES string of the molecule is COc1ccc(N=C2NC(=O)/C(=C\c3ccc(OCCC(=O)O)c(OC)c3)S2)c(OC)c1. The molecule has 32 heavy (non-hydrogen) atoms. The lowest BCUT2D eigenvalue weighted by atomic mass is 10.2. The number of benzene rings is 2. The van der Waals surface area contributed by atoms with Gasteiger partial charge in [-0.1, -0.05) is 6.07 Å². The van der Waals surface area contributed by atoms with Crippen LogP contribution in [0.4, 0.5) is 5.69 Å². The van der Waals surface area contributed by atoms with Crippen molar-refractivity contribution >= 4 is 40.6 Å². The Balaban J connectivity index is 1.78. The number of nitrogens with zero attached hydrogens (tertiary/aromatic N) is 1. The molecule has 0 aromatic heterocycles. The van der Waals surface area contributed by atoms with Gasteiger partial charge in [0.2, 0.25) is 0 Å². The van der Waals surface area contributed by atoms with Crippen LogP contribution in [-0.4, -0.2) is 50.1 Å². The number of nitrogens with one attached hydrogen (secondary N) is 1. The summed E-state index contributed by atoms with van der Waals surface area (Å²) in [5, 5.41) is 11.9. The van der Waals surface area contributed by atoms with Gasteiger partial charge in [-0.2, -0.15) is 0 Å². The molecular weight excluding hydrogens is 436 g/mol. The number of aliphatic imine (C=N–C) groups is 1. The molecule has 0 bridgehead atoms. The lowest BCUT2D eigenvalue weighted by Gasteiger charge is -2.10. The summed E-state index contributed by atoms with van der Waals surface area (Å²) in [5.41, 5.74) is 1.27. The maximum atomic E-state index is 12.4. The van der Waals surface area contributed by atoms with Crippen molar-refractivity contribution < 1.29 is 33.6 Å². The van der Waals surface area contributed by atoms with Gasteiger partial charge in [0.1, 0.15) is 17.2 Å². The number of carbonyl (C=O) groups is 2. The maximum Gasteiger partial charge on any atom is 0.306 e. The number of thioether (sulfide) groups is 1. The number of carbonyl (C=O) groups excluding carboxylic acids is 1. The molecule has 0 atom stereocenters. The van der Waals surface area contributed by atoms with E-state index in [0.29, 0.717) is 44.3 Å². The first-order valence-corrected chi connectivity index (χ1v) is 10.3. The molecule has 1 aliphatic heterocycles. The number of carboxylic acid groups (broad SMARTS) is 1. The van der Waals surface area contributed by atoms with E-state index in [1.807, 2.05) is 0 Å². The molecular formula is C22H22N2O7S. The monoisotopic (exact) mass is 458 g/mol. The number of ether oxygens (including phenoxy) is 4. The molecule has 168 valence electrons. The van der Waals surface area contributed by atoms with Gasteiger partial charge in [0.25, 0.3) is 5.91 Å². The Morgan fingerprint density at radius 3 is 2.53 bits per heavy atom. The molecule has 2 aromatic rings. The highest BCUT2D eigenvalue weighted by Gasteiger charge is 2.24. The third kappa shape index (κ3) is 5.73. The van der Waals surface area contributed by atoms with Crippen LogP contribution in [0.1, 0.15) is 12.0 Å². The van der Waals surface area contributed by atoms with Crippen LogP contribution in [0.5, 0.6) is 23.0 Å². The molecule has 0 radical (unpaired) electrons. The first kappa shape index (κ1) is 23.0. The van der Waals surface area contributed by atoms with Crippen LogP contribution in [0.3, 0.4) is 0 Å². The molecule has 10 heteroatoms. The average molecular weight is 458 g/mol. The van der Waals surface area contributed by atoms with Gasteiger partial charge in [-0.15, -0.1) is 0 Å². The summed E-state index contributed by atoms with van der Waals surface area (Å²) >= 11 is 1.20. The predicted molar refractivity (Wildman–Crippen MR) is 121 cm³/mol. The van der Waals surface area contributed by atoms with Crippen molar-refractivity contribution in [2.75, 3.05) is 27.9 Å². The summed E-state index contributed by atoms with van der Waals surface area (Å²) in [6, 6.07) is 10.3. The van der Waals surface area contributed by atoms with Crippen LogP contribution < -0.4 is 24.3 Å². The summed E-state index contributed by atoms with van der Waals surface area (Å²) in [5.74, 6) is 0.797. The third-order valence-electron chi connectivity index (χ3n) is 4.32. The Morgan fingerprint density at radius 2 is 1.84 bits per heavy atom. The van der Waals surface area contributed by atoms with E-state index in [2.05, 4.69) is 10.3 Å². The Labute approximate surface area is 189 Å². The quantitative estimate of drug-likeness (QED) is 0.549. The van der Waals surface area contributed by atoms with E-state index in [9.17, 15) is 9.59 Å². The molecule has 0 aliphatic carbocycles. The lowest BCUT2D eigenvalue weighted by Crippen LogP contribution is -2.19. The van der Waals surface area contributed by atoms with Gasteiger partial charge < -0.3 is 29.4 Å². The van der Waals surface area contributed by atoms with E-state index >= 15 is 0 Å². The van der Waals surface area contributed by atoms with Crippen LogP contribution in [0, 0.1) is 0 Å². The molecule has 1 amide bonds. The standard InChI is InChI=1S/C22H22N2O7S/c1-28-14-5-6-15(17(12-14)29-2)23-22-24-21(27)19(32-22)11-13-4-7-16(18(10-13)30-3)31-9-8-20(25)26/h4-7,10-12H,8-9H2,1-3H3,(H,25,26)(H,23,24,27)/b19-11+. The van der Waals surface area contributed by atoms with Crippen molar-refractivity contribution in [2.24, 2.45) is 4.99 Å². The van der Waals surface area contributed by atoms with Crippen LogP contribution >= 0.6 is 11.8 Å². The van der Waals surface area contributed by atoms with Crippen molar-refractivity contribution in [3.8, 4) is 23.0 Å². The van der Waals surface area contributed by atoms with Crippen molar-refractivity contribution in [1.29, 1.82) is 0 Å². The number of methoxy groups -OCH3 is 3. The van der Waals surface area contributed by atoms with Gasteiger partial charge >= 0.3 is 5.97 Å². The van der Waals surface area contributed by atoms with E-state index in [-0.39, 0.29) is 18.9 Å². The molecule has 1 aliphatic rings. The Morgan fingerprint density at radius 1 is 1.06 bits per heavy atom. The summed E-state index contributed by atoms with van der Waals surface area (Å²) in [4.78, 5) is 28.0. The highest BCUT2D eigenvalue weighted by molar-refractivity contribution is 8.18. The molecule has 0 unspecified atom stereocenters. The van der Waals surface area contributed by atoms with E-state index in [0.717, 1.165) is 0 Å². The zero-order valence-electron chi connectivity index (χ0n) is 17.7. The Hall–Kier alpha value is -3.66. The molecule has 3 rings (SSSR count).